The first-order valence-corrected chi connectivity index (χ1v) is 7.53. The van der Waals surface area contributed by atoms with E-state index >= 15 is 0 Å². The van der Waals surface area contributed by atoms with Crippen LogP contribution in [0.3, 0.4) is 0 Å². The highest BCUT2D eigenvalue weighted by atomic mass is 16.2. The van der Waals surface area contributed by atoms with Gasteiger partial charge in [0.25, 0.3) is 5.56 Å². The number of aromatic nitrogens is 2. The van der Waals surface area contributed by atoms with Crippen LogP contribution in [0, 0.1) is 5.41 Å². The molecule has 2 N–H and O–H groups in total. The van der Waals surface area contributed by atoms with Crippen molar-refractivity contribution >= 4 is 5.91 Å². The van der Waals surface area contributed by atoms with Gasteiger partial charge >= 0.3 is 0 Å². The fourth-order valence-electron chi connectivity index (χ4n) is 2.93. The number of aryl methyl sites for hydroxylation is 1. The summed E-state index contributed by atoms with van der Waals surface area (Å²) < 4.78 is 1.35. The molecule has 2 rings (SSSR count). The fraction of sp³-hybridized carbons (Fsp3) is 0.667. The van der Waals surface area contributed by atoms with Gasteiger partial charge in [0.2, 0.25) is 5.91 Å². The zero-order valence-electron chi connectivity index (χ0n) is 13.1. The van der Waals surface area contributed by atoms with Crippen molar-refractivity contribution in [2.45, 2.75) is 39.7 Å². The van der Waals surface area contributed by atoms with Crippen LogP contribution >= 0.6 is 0 Å². The van der Waals surface area contributed by atoms with Gasteiger partial charge in [-0.15, -0.1) is 0 Å². The van der Waals surface area contributed by atoms with Crippen molar-refractivity contribution in [3.8, 4) is 0 Å². The van der Waals surface area contributed by atoms with Gasteiger partial charge in [0.1, 0.15) is 0 Å². The molecule has 6 nitrogen and oxygen atoms in total. The Morgan fingerprint density at radius 2 is 2.10 bits per heavy atom. The lowest BCUT2D eigenvalue weighted by Gasteiger charge is -2.37. The first-order chi connectivity index (χ1) is 9.97. The smallest absolute Gasteiger partial charge is 0.266 e. The van der Waals surface area contributed by atoms with Crippen molar-refractivity contribution in [1.29, 1.82) is 0 Å². The molecule has 1 aliphatic rings. The van der Waals surface area contributed by atoms with Gasteiger partial charge in [0.05, 0.1) is 11.1 Å². The second kappa shape index (κ2) is 5.97. The lowest BCUT2D eigenvalue weighted by Crippen LogP contribution is -2.49. The van der Waals surface area contributed by atoms with Gasteiger partial charge in [-0.05, 0) is 12.8 Å². The zero-order chi connectivity index (χ0) is 15.6. The predicted octanol–water partition coefficient (Wildman–Crippen LogP) is 0.430. The molecule has 0 spiro atoms. The molecule has 1 aromatic heterocycles. The van der Waals surface area contributed by atoms with Crippen LogP contribution in [-0.4, -0.2) is 33.7 Å². The molecule has 1 aromatic rings. The lowest BCUT2D eigenvalue weighted by atomic mass is 9.80. The third kappa shape index (κ3) is 2.72. The summed E-state index contributed by atoms with van der Waals surface area (Å²) in [4.78, 5) is 26.3. The summed E-state index contributed by atoms with van der Waals surface area (Å²) in [6, 6.07) is 1.59. The number of fused-ring (bicyclic) bond motifs is 1. The molecule has 0 aliphatic carbocycles. The molecule has 0 bridgehead atoms. The minimum atomic E-state index is -0.481. The van der Waals surface area contributed by atoms with E-state index in [1.54, 1.807) is 13.1 Å². The molecule has 2 heterocycles. The summed E-state index contributed by atoms with van der Waals surface area (Å²) in [5.41, 5.74) is 7.01. The van der Waals surface area contributed by atoms with Crippen LogP contribution in [0.15, 0.2) is 10.9 Å². The Morgan fingerprint density at radius 3 is 2.67 bits per heavy atom. The van der Waals surface area contributed by atoms with Gasteiger partial charge < -0.3 is 10.6 Å². The van der Waals surface area contributed by atoms with Crippen LogP contribution in [0.4, 0.5) is 0 Å². The molecular weight excluding hydrogens is 268 g/mol. The van der Waals surface area contributed by atoms with E-state index in [1.807, 2.05) is 18.7 Å². The maximum atomic E-state index is 12.8. The van der Waals surface area contributed by atoms with E-state index in [0.29, 0.717) is 26.1 Å². The maximum absolute atomic E-state index is 12.8. The summed E-state index contributed by atoms with van der Waals surface area (Å²) in [5.74, 6) is 0.0985. The third-order valence-electron chi connectivity index (χ3n) is 4.72. The zero-order valence-corrected chi connectivity index (χ0v) is 13.1. The van der Waals surface area contributed by atoms with Gasteiger partial charge in [-0.1, -0.05) is 13.8 Å². The van der Waals surface area contributed by atoms with Crippen molar-refractivity contribution in [3.05, 3.63) is 27.7 Å². The van der Waals surface area contributed by atoms with Crippen molar-refractivity contribution in [2.75, 3.05) is 13.1 Å². The Labute approximate surface area is 124 Å². The number of amides is 1. The van der Waals surface area contributed by atoms with Crippen molar-refractivity contribution in [2.24, 2.45) is 18.2 Å². The van der Waals surface area contributed by atoms with Crippen LogP contribution in [0.25, 0.3) is 0 Å². The first kappa shape index (κ1) is 15.7. The average Bonchev–Trinajstić information content (AvgIpc) is 2.50. The van der Waals surface area contributed by atoms with Gasteiger partial charge in [-0.3, -0.25) is 9.59 Å². The highest BCUT2D eigenvalue weighted by Crippen LogP contribution is 2.29. The highest BCUT2D eigenvalue weighted by Gasteiger charge is 2.38. The second-order valence-corrected chi connectivity index (χ2v) is 5.75. The van der Waals surface area contributed by atoms with E-state index < -0.39 is 5.41 Å². The summed E-state index contributed by atoms with van der Waals surface area (Å²) in [5, 5.41) is 4.27. The number of carbonyl (C=O) groups excluding carboxylic acids is 1. The predicted molar refractivity (Wildman–Crippen MR) is 80.7 cm³/mol. The summed E-state index contributed by atoms with van der Waals surface area (Å²) in [6.07, 6.45) is 2.15. The van der Waals surface area contributed by atoms with E-state index in [0.717, 1.165) is 24.1 Å². The van der Waals surface area contributed by atoms with Crippen LogP contribution in [-0.2, 0) is 24.8 Å². The van der Waals surface area contributed by atoms with E-state index in [9.17, 15) is 9.59 Å². The topological polar surface area (TPSA) is 81.2 Å². The average molecular weight is 292 g/mol. The molecule has 0 unspecified atom stereocenters. The van der Waals surface area contributed by atoms with Crippen molar-refractivity contribution in [1.82, 2.24) is 14.7 Å². The number of hydrogen-bond donors (Lipinski definition) is 1. The van der Waals surface area contributed by atoms with Crippen LogP contribution < -0.4 is 11.3 Å². The molecule has 0 atom stereocenters. The lowest BCUT2D eigenvalue weighted by molar-refractivity contribution is -0.143. The Morgan fingerprint density at radius 1 is 1.43 bits per heavy atom. The van der Waals surface area contributed by atoms with Crippen LogP contribution in [0.2, 0.25) is 0 Å². The molecule has 116 valence electrons. The normalized spacial score (nSPS) is 15.0. The van der Waals surface area contributed by atoms with E-state index in [2.05, 4.69) is 5.10 Å². The molecule has 0 radical (unpaired) electrons. The quantitative estimate of drug-likeness (QED) is 0.872. The Hall–Kier alpha value is -1.69. The molecule has 21 heavy (non-hydrogen) atoms. The van der Waals surface area contributed by atoms with Crippen molar-refractivity contribution in [3.63, 3.8) is 0 Å². The SMILES string of the molecule is CCC(CC)(CN)C(=O)N1CCc2nn(C)c(=O)cc2C1. The van der Waals surface area contributed by atoms with E-state index in [-0.39, 0.29) is 11.5 Å². The van der Waals surface area contributed by atoms with Crippen LogP contribution in [0.5, 0.6) is 0 Å². The number of rotatable bonds is 4. The van der Waals surface area contributed by atoms with E-state index in [1.165, 1.54) is 4.68 Å². The van der Waals surface area contributed by atoms with Crippen molar-refractivity contribution < 1.29 is 4.79 Å². The summed E-state index contributed by atoms with van der Waals surface area (Å²) >= 11 is 0. The van der Waals surface area contributed by atoms with Gasteiger partial charge in [0.15, 0.2) is 0 Å². The maximum Gasteiger partial charge on any atom is 0.266 e. The monoisotopic (exact) mass is 292 g/mol. The van der Waals surface area contributed by atoms with Gasteiger partial charge in [-0.25, -0.2) is 4.68 Å². The minimum absolute atomic E-state index is 0.0985. The molecule has 1 amide bonds. The van der Waals surface area contributed by atoms with Gasteiger partial charge in [0, 0.05) is 44.7 Å². The molecular formula is C15H24N4O2. The molecule has 0 aromatic carbocycles. The number of nitrogens with two attached hydrogens (primary N) is 1. The summed E-state index contributed by atoms with van der Waals surface area (Å²) in [6.45, 7) is 5.46. The fourth-order valence-corrected chi connectivity index (χ4v) is 2.93. The number of carbonyl (C=O) groups is 1. The largest absolute Gasteiger partial charge is 0.337 e. The van der Waals surface area contributed by atoms with E-state index in [4.69, 9.17) is 5.73 Å². The molecule has 0 fully saturated rings. The highest BCUT2D eigenvalue weighted by molar-refractivity contribution is 5.83. The second-order valence-electron chi connectivity index (χ2n) is 5.75. The molecule has 0 saturated carbocycles. The minimum Gasteiger partial charge on any atom is -0.337 e. The first-order valence-electron chi connectivity index (χ1n) is 7.53. The summed E-state index contributed by atoms with van der Waals surface area (Å²) in [7, 11) is 1.65. The van der Waals surface area contributed by atoms with Gasteiger partial charge in [-0.2, -0.15) is 5.10 Å². The molecule has 1 aliphatic heterocycles. The standard InChI is InChI=1S/C15H24N4O2/c1-4-15(5-2,10-16)14(21)19-7-6-12-11(9-19)8-13(20)18(3)17-12/h8H,4-7,9-10,16H2,1-3H3. The third-order valence-corrected chi connectivity index (χ3v) is 4.72. The number of nitrogens with zero attached hydrogens (tertiary/aromatic N) is 3. The Balaban J connectivity index is 2.27. The Bertz CT molecular complexity index is 582. The Kier molecular flexibility index (Phi) is 4.46. The molecule has 6 heteroatoms. The van der Waals surface area contributed by atoms with Crippen LogP contribution in [0.1, 0.15) is 37.9 Å². The number of hydrogen-bond acceptors (Lipinski definition) is 4. The molecule has 0 saturated heterocycles.